The van der Waals surface area contributed by atoms with E-state index in [1.165, 1.54) is 37.9 Å². The molecule has 0 aromatic heterocycles. The van der Waals surface area contributed by atoms with Gasteiger partial charge in [0.05, 0.1) is 0 Å². The van der Waals surface area contributed by atoms with Crippen molar-refractivity contribution in [1.29, 1.82) is 0 Å². The highest BCUT2D eigenvalue weighted by atomic mass is 79.9. The molecule has 0 saturated carbocycles. The molecule has 0 bridgehead atoms. The van der Waals surface area contributed by atoms with E-state index in [4.69, 9.17) is 5.73 Å². The molecular formula is C14H21BrN2. The third-order valence-electron chi connectivity index (χ3n) is 3.50. The summed E-state index contributed by atoms with van der Waals surface area (Å²) in [6.07, 6.45) is 5.09. The molecule has 1 saturated heterocycles. The summed E-state index contributed by atoms with van der Waals surface area (Å²) in [4.78, 5) is 2.60. The van der Waals surface area contributed by atoms with Crippen LogP contribution in [0.4, 0.5) is 0 Å². The molecule has 1 atom stereocenters. The Morgan fingerprint density at radius 2 is 2.00 bits per heavy atom. The number of likely N-dealkylation sites (tertiary alicyclic amines) is 1. The summed E-state index contributed by atoms with van der Waals surface area (Å²) in [6.45, 7) is 3.20. The number of hydrogen-bond acceptors (Lipinski definition) is 2. The molecule has 1 aliphatic heterocycles. The Morgan fingerprint density at radius 1 is 1.24 bits per heavy atom. The molecule has 2 nitrogen and oxygen atoms in total. The first-order chi connectivity index (χ1) is 8.31. The number of benzene rings is 1. The molecule has 0 amide bonds. The fourth-order valence-corrected chi connectivity index (χ4v) is 3.08. The predicted octanol–water partition coefficient (Wildman–Crippen LogP) is 3.32. The summed E-state index contributed by atoms with van der Waals surface area (Å²) >= 11 is 3.56. The van der Waals surface area contributed by atoms with E-state index in [9.17, 15) is 0 Å². The van der Waals surface area contributed by atoms with Gasteiger partial charge < -0.3 is 5.73 Å². The summed E-state index contributed by atoms with van der Waals surface area (Å²) in [5.41, 5.74) is 7.17. The molecule has 0 aliphatic carbocycles. The van der Waals surface area contributed by atoms with Crippen LogP contribution in [0.1, 0.15) is 37.3 Å². The Bertz CT molecular complexity index is 348. The molecule has 1 heterocycles. The highest BCUT2D eigenvalue weighted by Crippen LogP contribution is 2.28. The Kier molecular flexibility index (Phi) is 5.01. The van der Waals surface area contributed by atoms with E-state index in [0.29, 0.717) is 6.04 Å². The molecule has 1 aliphatic rings. The van der Waals surface area contributed by atoms with Crippen LogP contribution < -0.4 is 5.73 Å². The van der Waals surface area contributed by atoms with Crippen LogP contribution in [0.2, 0.25) is 0 Å². The van der Waals surface area contributed by atoms with Gasteiger partial charge in [-0.3, -0.25) is 4.90 Å². The van der Waals surface area contributed by atoms with Crippen molar-refractivity contribution < 1.29 is 0 Å². The largest absolute Gasteiger partial charge is 0.330 e. The number of halogens is 1. The first-order valence-corrected chi connectivity index (χ1v) is 7.30. The SMILES string of the molecule is NCCC(c1cccc(Br)c1)N1CCCCC1. The van der Waals surface area contributed by atoms with Crippen molar-refractivity contribution in [1.82, 2.24) is 4.90 Å². The smallest absolute Gasteiger partial charge is 0.0360 e. The lowest BCUT2D eigenvalue weighted by atomic mass is 9.99. The molecule has 1 aromatic carbocycles. The van der Waals surface area contributed by atoms with Crippen molar-refractivity contribution in [2.75, 3.05) is 19.6 Å². The zero-order valence-electron chi connectivity index (χ0n) is 10.2. The first-order valence-electron chi connectivity index (χ1n) is 6.51. The maximum Gasteiger partial charge on any atom is 0.0360 e. The average molecular weight is 297 g/mol. The molecule has 0 spiro atoms. The molecule has 0 radical (unpaired) electrons. The van der Waals surface area contributed by atoms with E-state index in [0.717, 1.165) is 17.4 Å². The molecule has 1 aromatic rings. The highest BCUT2D eigenvalue weighted by molar-refractivity contribution is 9.10. The summed E-state index contributed by atoms with van der Waals surface area (Å²) in [6, 6.07) is 9.15. The lowest BCUT2D eigenvalue weighted by Gasteiger charge is -2.34. The third kappa shape index (κ3) is 3.54. The van der Waals surface area contributed by atoms with Crippen molar-refractivity contribution in [2.24, 2.45) is 5.73 Å². The monoisotopic (exact) mass is 296 g/mol. The summed E-state index contributed by atoms with van der Waals surface area (Å²) in [5, 5.41) is 0. The van der Waals surface area contributed by atoms with Crippen LogP contribution in [-0.4, -0.2) is 24.5 Å². The second-order valence-corrected chi connectivity index (χ2v) is 5.66. The van der Waals surface area contributed by atoms with Gasteiger partial charge in [-0.25, -0.2) is 0 Å². The summed E-state index contributed by atoms with van der Waals surface area (Å²) in [7, 11) is 0. The molecule has 3 heteroatoms. The van der Waals surface area contributed by atoms with Crippen LogP contribution in [0, 0.1) is 0 Å². The Morgan fingerprint density at radius 3 is 2.65 bits per heavy atom. The van der Waals surface area contributed by atoms with Gasteiger partial charge in [0.25, 0.3) is 0 Å². The van der Waals surface area contributed by atoms with Gasteiger partial charge in [0.2, 0.25) is 0 Å². The van der Waals surface area contributed by atoms with Gasteiger partial charge in [0, 0.05) is 10.5 Å². The van der Waals surface area contributed by atoms with Gasteiger partial charge in [-0.1, -0.05) is 34.5 Å². The third-order valence-corrected chi connectivity index (χ3v) is 4.00. The Labute approximate surface area is 112 Å². The van der Waals surface area contributed by atoms with E-state index in [1.54, 1.807) is 0 Å². The van der Waals surface area contributed by atoms with Gasteiger partial charge in [-0.05, 0) is 56.6 Å². The molecule has 1 unspecified atom stereocenters. The zero-order valence-corrected chi connectivity index (χ0v) is 11.8. The van der Waals surface area contributed by atoms with Crippen LogP contribution in [0.15, 0.2) is 28.7 Å². The second kappa shape index (κ2) is 6.53. The van der Waals surface area contributed by atoms with Gasteiger partial charge >= 0.3 is 0 Å². The van der Waals surface area contributed by atoms with Crippen molar-refractivity contribution >= 4 is 15.9 Å². The Balaban J connectivity index is 2.15. The summed E-state index contributed by atoms with van der Waals surface area (Å²) in [5.74, 6) is 0. The van der Waals surface area contributed by atoms with E-state index >= 15 is 0 Å². The van der Waals surface area contributed by atoms with Crippen molar-refractivity contribution in [3.05, 3.63) is 34.3 Å². The normalized spacial score (nSPS) is 19.2. The molecule has 2 N–H and O–H groups in total. The minimum Gasteiger partial charge on any atom is -0.330 e. The van der Waals surface area contributed by atoms with Gasteiger partial charge in [-0.15, -0.1) is 0 Å². The van der Waals surface area contributed by atoms with Gasteiger partial charge in [0.1, 0.15) is 0 Å². The predicted molar refractivity (Wildman–Crippen MR) is 76.0 cm³/mol. The van der Waals surface area contributed by atoms with Crippen molar-refractivity contribution in [3.8, 4) is 0 Å². The number of piperidine rings is 1. The highest BCUT2D eigenvalue weighted by Gasteiger charge is 2.21. The Hall–Kier alpha value is -0.380. The van der Waals surface area contributed by atoms with Crippen LogP contribution in [0.25, 0.3) is 0 Å². The fourth-order valence-electron chi connectivity index (χ4n) is 2.66. The van der Waals surface area contributed by atoms with Crippen molar-refractivity contribution in [2.45, 2.75) is 31.7 Å². The van der Waals surface area contributed by atoms with E-state index < -0.39 is 0 Å². The lowest BCUT2D eigenvalue weighted by Crippen LogP contribution is -2.34. The van der Waals surface area contributed by atoms with Crippen LogP contribution in [0.3, 0.4) is 0 Å². The second-order valence-electron chi connectivity index (χ2n) is 4.74. The zero-order chi connectivity index (χ0) is 12.1. The van der Waals surface area contributed by atoms with Crippen molar-refractivity contribution in [3.63, 3.8) is 0 Å². The topological polar surface area (TPSA) is 29.3 Å². The molecule has 94 valence electrons. The number of nitrogens with zero attached hydrogens (tertiary/aromatic N) is 1. The van der Waals surface area contributed by atoms with E-state index in [2.05, 4.69) is 45.1 Å². The van der Waals surface area contributed by atoms with Gasteiger partial charge in [0.15, 0.2) is 0 Å². The van der Waals surface area contributed by atoms with E-state index in [-0.39, 0.29) is 0 Å². The lowest BCUT2D eigenvalue weighted by molar-refractivity contribution is 0.157. The standard InChI is InChI=1S/C14H21BrN2/c15-13-6-4-5-12(11-13)14(7-8-16)17-9-2-1-3-10-17/h4-6,11,14H,1-3,7-10,16H2. The molecule has 2 rings (SSSR count). The quantitative estimate of drug-likeness (QED) is 0.923. The average Bonchev–Trinajstić information content (AvgIpc) is 2.37. The van der Waals surface area contributed by atoms with Gasteiger partial charge in [-0.2, -0.15) is 0 Å². The summed E-state index contributed by atoms with van der Waals surface area (Å²) < 4.78 is 1.16. The van der Waals surface area contributed by atoms with Crippen LogP contribution in [-0.2, 0) is 0 Å². The minimum atomic E-state index is 0.498. The number of nitrogens with two attached hydrogens (primary N) is 1. The molecular weight excluding hydrogens is 276 g/mol. The minimum absolute atomic E-state index is 0.498. The van der Waals surface area contributed by atoms with E-state index in [1.807, 2.05) is 0 Å². The maximum absolute atomic E-state index is 5.77. The number of rotatable bonds is 4. The maximum atomic E-state index is 5.77. The van der Waals surface area contributed by atoms with Crippen LogP contribution >= 0.6 is 15.9 Å². The molecule has 1 fully saturated rings. The van der Waals surface area contributed by atoms with Crippen LogP contribution in [0.5, 0.6) is 0 Å². The molecule has 17 heavy (non-hydrogen) atoms. The fraction of sp³-hybridized carbons (Fsp3) is 0.571. The number of hydrogen-bond donors (Lipinski definition) is 1. The first kappa shape index (κ1) is 13.1.